The van der Waals surface area contributed by atoms with Gasteiger partial charge in [-0.3, -0.25) is 4.57 Å². The molecule has 0 aliphatic carbocycles. The first-order valence-electron chi connectivity index (χ1n) is 19.9. The van der Waals surface area contributed by atoms with Gasteiger partial charge in [0.2, 0.25) is 11.8 Å². The number of fused-ring (bicyclic) bond motifs is 11. The maximum Gasteiger partial charge on any atom is 0.238 e. The minimum absolute atomic E-state index is 0.510. The molecule has 60 heavy (non-hydrogen) atoms. The molecule has 0 N–H and O–H groups in total. The molecule has 0 unspecified atom stereocenters. The van der Waals surface area contributed by atoms with Crippen LogP contribution in [0.2, 0.25) is 0 Å². The summed E-state index contributed by atoms with van der Waals surface area (Å²) in [5.74, 6) is 2.22. The summed E-state index contributed by atoms with van der Waals surface area (Å²) >= 11 is 0. The smallest absolute Gasteiger partial charge is 0.238 e. The molecule has 13 rings (SSSR count). The minimum Gasteiger partial charge on any atom is -0.456 e. The molecule has 13 aromatic rings. The van der Waals surface area contributed by atoms with E-state index in [-0.39, 0.29) is 0 Å². The molecule has 0 bridgehead atoms. The van der Waals surface area contributed by atoms with Crippen molar-refractivity contribution in [1.29, 1.82) is 0 Å². The number of benzene rings is 8. The number of rotatable bonds is 5. The minimum atomic E-state index is 0.510. The standard InChI is InChI=1S/C52H30N6O2/c1-3-14-31(15-4-1)49-54-50(33-26-29-45-39(30-33)36-20-9-12-25-44(36)59-45)56-52(55-49)58-42-23-11-8-19-35(42)38-28-27-37-34-18-7-10-22-41(34)57(46(37)47(38)58)43-24-13-21-40-48(43)60-51(53-40)32-16-5-2-6-17-32/h1-30H. The monoisotopic (exact) mass is 770 g/mol. The second-order valence-electron chi connectivity index (χ2n) is 15.0. The van der Waals surface area contributed by atoms with Gasteiger partial charge >= 0.3 is 0 Å². The zero-order chi connectivity index (χ0) is 39.3. The van der Waals surface area contributed by atoms with E-state index in [1.807, 2.05) is 97.1 Å². The van der Waals surface area contributed by atoms with Crippen LogP contribution in [0.15, 0.2) is 191 Å². The largest absolute Gasteiger partial charge is 0.456 e. The Morgan fingerprint density at radius 1 is 0.367 bits per heavy atom. The van der Waals surface area contributed by atoms with Crippen LogP contribution in [-0.2, 0) is 0 Å². The lowest BCUT2D eigenvalue weighted by Crippen LogP contribution is -2.07. The lowest BCUT2D eigenvalue weighted by Gasteiger charge is -2.13. The summed E-state index contributed by atoms with van der Waals surface area (Å²) in [5.41, 5.74) is 10.7. The molecule has 0 aliphatic rings. The molecular weight excluding hydrogens is 741 g/mol. The van der Waals surface area contributed by atoms with Crippen LogP contribution in [0.5, 0.6) is 0 Å². The molecule has 8 nitrogen and oxygen atoms in total. The molecule has 5 heterocycles. The molecule has 8 aromatic carbocycles. The van der Waals surface area contributed by atoms with Gasteiger partial charge in [-0.1, -0.05) is 121 Å². The normalized spacial score (nSPS) is 12.0. The highest BCUT2D eigenvalue weighted by molar-refractivity contribution is 6.24. The van der Waals surface area contributed by atoms with Crippen LogP contribution in [0, 0.1) is 0 Å². The summed E-state index contributed by atoms with van der Waals surface area (Å²) in [6.45, 7) is 0. The summed E-state index contributed by atoms with van der Waals surface area (Å²) < 4.78 is 17.4. The molecule has 0 saturated carbocycles. The van der Waals surface area contributed by atoms with E-state index in [9.17, 15) is 0 Å². The first-order valence-corrected chi connectivity index (χ1v) is 19.9. The lowest BCUT2D eigenvalue weighted by atomic mass is 10.1. The van der Waals surface area contributed by atoms with Gasteiger partial charge in [-0.15, -0.1) is 0 Å². The number of oxazole rings is 1. The van der Waals surface area contributed by atoms with Gasteiger partial charge in [0.25, 0.3) is 0 Å². The summed E-state index contributed by atoms with van der Waals surface area (Å²) in [7, 11) is 0. The molecule has 0 saturated heterocycles. The molecule has 5 aromatic heterocycles. The highest BCUT2D eigenvalue weighted by Gasteiger charge is 2.25. The average molecular weight is 771 g/mol. The van der Waals surface area contributed by atoms with Gasteiger partial charge in [-0.25, -0.2) is 9.97 Å². The Bertz CT molecular complexity index is 3840. The van der Waals surface area contributed by atoms with Gasteiger partial charge in [0.15, 0.2) is 17.2 Å². The van der Waals surface area contributed by atoms with Gasteiger partial charge in [0.1, 0.15) is 16.7 Å². The van der Waals surface area contributed by atoms with Crippen molar-refractivity contribution in [2.24, 2.45) is 0 Å². The van der Waals surface area contributed by atoms with Crippen molar-refractivity contribution in [3.05, 3.63) is 182 Å². The zero-order valence-corrected chi connectivity index (χ0v) is 31.8. The van der Waals surface area contributed by atoms with E-state index in [2.05, 4.69) is 94.1 Å². The molecule has 0 atom stereocenters. The Morgan fingerprint density at radius 2 is 0.967 bits per heavy atom. The van der Waals surface area contributed by atoms with E-state index in [0.717, 1.165) is 93.4 Å². The SMILES string of the molecule is c1ccc(-c2nc(-c3ccc4oc5ccccc5c4c3)nc(-n3c4ccccc4c4ccc5c6ccccc6n(-c6cccc7nc(-c8ccccc8)oc67)c5c43)n2)cc1. The van der Waals surface area contributed by atoms with Crippen molar-refractivity contribution in [2.75, 3.05) is 0 Å². The van der Waals surface area contributed by atoms with E-state index < -0.39 is 0 Å². The molecule has 8 heteroatoms. The molecule has 0 spiro atoms. The molecule has 0 radical (unpaired) electrons. The Hall–Kier alpha value is -8.36. The first-order chi connectivity index (χ1) is 29.7. The van der Waals surface area contributed by atoms with Gasteiger partial charge < -0.3 is 13.4 Å². The maximum absolute atomic E-state index is 6.70. The number of para-hydroxylation sites is 4. The summed E-state index contributed by atoms with van der Waals surface area (Å²) in [6, 6.07) is 62.1. The number of furan rings is 1. The third-order valence-electron chi connectivity index (χ3n) is 11.6. The number of aromatic nitrogens is 6. The fraction of sp³-hybridized carbons (Fsp3) is 0. The number of hydrogen-bond donors (Lipinski definition) is 0. The highest BCUT2D eigenvalue weighted by Crippen LogP contribution is 2.43. The Morgan fingerprint density at radius 3 is 1.72 bits per heavy atom. The molecule has 0 aliphatic heterocycles. The molecule has 280 valence electrons. The average Bonchev–Trinajstić information content (AvgIpc) is 4.09. The van der Waals surface area contributed by atoms with Crippen LogP contribution in [0.1, 0.15) is 0 Å². The second-order valence-corrected chi connectivity index (χ2v) is 15.0. The van der Waals surface area contributed by atoms with Crippen molar-refractivity contribution >= 4 is 76.6 Å². The van der Waals surface area contributed by atoms with E-state index >= 15 is 0 Å². The van der Waals surface area contributed by atoms with Crippen molar-refractivity contribution in [1.82, 2.24) is 29.1 Å². The Labute approximate surface area is 341 Å². The quantitative estimate of drug-likeness (QED) is 0.173. The number of nitrogens with zero attached hydrogens (tertiary/aromatic N) is 6. The fourth-order valence-corrected chi connectivity index (χ4v) is 8.95. The Kier molecular flexibility index (Phi) is 6.85. The van der Waals surface area contributed by atoms with Crippen molar-refractivity contribution in [3.63, 3.8) is 0 Å². The van der Waals surface area contributed by atoms with Crippen LogP contribution in [0.25, 0.3) is 123 Å². The van der Waals surface area contributed by atoms with Gasteiger partial charge in [0, 0.05) is 49.0 Å². The Balaban J connectivity index is 1.15. The van der Waals surface area contributed by atoms with Crippen LogP contribution < -0.4 is 0 Å². The first kappa shape index (κ1) is 32.7. The topological polar surface area (TPSA) is 87.7 Å². The van der Waals surface area contributed by atoms with E-state index in [1.165, 1.54) is 0 Å². The van der Waals surface area contributed by atoms with E-state index in [1.54, 1.807) is 0 Å². The molecule has 0 fully saturated rings. The van der Waals surface area contributed by atoms with Crippen LogP contribution in [-0.4, -0.2) is 29.1 Å². The van der Waals surface area contributed by atoms with Crippen molar-refractivity contribution in [3.8, 4) is 45.9 Å². The summed E-state index contributed by atoms with van der Waals surface area (Å²) in [4.78, 5) is 20.8. The van der Waals surface area contributed by atoms with Crippen molar-refractivity contribution in [2.45, 2.75) is 0 Å². The van der Waals surface area contributed by atoms with E-state index in [0.29, 0.717) is 29.1 Å². The zero-order valence-electron chi connectivity index (χ0n) is 31.8. The number of hydrogen-bond acceptors (Lipinski definition) is 6. The van der Waals surface area contributed by atoms with Gasteiger partial charge in [-0.2, -0.15) is 9.97 Å². The molecular formula is C52H30N6O2. The van der Waals surface area contributed by atoms with Gasteiger partial charge in [-0.05, 0) is 60.7 Å². The third-order valence-corrected chi connectivity index (χ3v) is 11.6. The van der Waals surface area contributed by atoms with Gasteiger partial charge in [0.05, 0.1) is 27.8 Å². The highest BCUT2D eigenvalue weighted by atomic mass is 16.3. The third kappa shape index (κ3) is 4.79. The van der Waals surface area contributed by atoms with E-state index in [4.69, 9.17) is 28.8 Å². The lowest BCUT2D eigenvalue weighted by molar-refractivity contribution is 0.618. The summed E-state index contributed by atoms with van der Waals surface area (Å²) in [6.07, 6.45) is 0. The van der Waals surface area contributed by atoms with Crippen LogP contribution in [0.3, 0.4) is 0 Å². The fourth-order valence-electron chi connectivity index (χ4n) is 8.95. The van der Waals surface area contributed by atoms with Crippen LogP contribution >= 0.6 is 0 Å². The maximum atomic E-state index is 6.70. The van der Waals surface area contributed by atoms with Crippen LogP contribution in [0.4, 0.5) is 0 Å². The predicted molar refractivity (Wildman–Crippen MR) is 240 cm³/mol. The second kappa shape index (κ2) is 12.6. The molecule has 0 amide bonds. The van der Waals surface area contributed by atoms with Crippen molar-refractivity contribution < 1.29 is 8.83 Å². The summed E-state index contributed by atoms with van der Waals surface area (Å²) in [5, 5.41) is 6.43. The predicted octanol–water partition coefficient (Wildman–Crippen LogP) is 13.1.